The summed E-state index contributed by atoms with van der Waals surface area (Å²) in [4.78, 5) is 34.7. The first kappa shape index (κ1) is 20.4. The molecule has 8 heteroatoms. The average Bonchev–Trinajstić information content (AvgIpc) is 2.50. The molecule has 0 atom stereocenters. The molecule has 25 heavy (non-hydrogen) atoms. The zero-order chi connectivity index (χ0) is 18.9. The molecule has 1 aromatic rings. The van der Waals surface area contributed by atoms with E-state index in [-0.39, 0.29) is 23.9 Å². The smallest absolute Gasteiger partial charge is 0.408 e. The first-order valence-corrected chi connectivity index (χ1v) is 7.95. The van der Waals surface area contributed by atoms with E-state index >= 15 is 0 Å². The summed E-state index contributed by atoms with van der Waals surface area (Å²) in [5.41, 5.74) is -0.383. The molecule has 0 spiro atoms. The first-order valence-electron chi connectivity index (χ1n) is 7.95. The molecule has 1 rings (SSSR count). The molecule has 138 valence electrons. The molecule has 1 aromatic carbocycles. The maximum absolute atomic E-state index is 13.0. The highest BCUT2D eigenvalue weighted by Gasteiger charge is 2.16. The lowest BCUT2D eigenvalue weighted by atomic mass is 10.2. The Labute approximate surface area is 146 Å². The number of amides is 3. The van der Waals surface area contributed by atoms with Crippen molar-refractivity contribution < 1.29 is 23.5 Å². The molecule has 0 heterocycles. The lowest BCUT2D eigenvalue weighted by Crippen LogP contribution is -2.40. The van der Waals surface area contributed by atoms with E-state index in [9.17, 15) is 18.8 Å². The van der Waals surface area contributed by atoms with E-state index in [1.54, 1.807) is 20.8 Å². The Morgan fingerprint density at radius 1 is 1.08 bits per heavy atom. The number of alkyl carbamates (subject to hydrolysis) is 1. The maximum Gasteiger partial charge on any atom is 0.408 e. The summed E-state index contributed by atoms with van der Waals surface area (Å²) in [6.45, 7) is 5.65. The zero-order valence-electron chi connectivity index (χ0n) is 14.6. The third-order valence-corrected chi connectivity index (χ3v) is 2.84. The van der Waals surface area contributed by atoms with E-state index in [0.29, 0.717) is 19.5 Å². The molecule has 0 aliphatic heterocycles. The molecular weight excluding hydrogens is 329 g/mol. The number of rotatable bonds is 7. The van der Waals surface area contributed by atoms with Gasteiger partial charge in [-0.05, 0) is 45.4 Å². The van der Waals surface area contributed by atoms with Crippen molar-refractivity contribution in [2.45, 2.75) is 32.8 Å². The first-order chi connectivity index (χ1) is 11.7. The number of hydrogen-bond donors (Lipinski definition) is 3. The van der Waals surface area contributed by atoms with Crippen LogP contribution in [0.1, 0.15) is 37.6 Å². The van der Waals surface area contributed by atoms with Crippen LogP contribution in [0.3, 0.4) is 0 Å². The molecule has 7 nitrogen and oxygen atoms in total. The molecule has 0 aromatic heterocycles. The van der Waals surface area contributed by atoms with E-state index in [0.717, 1.165) is 6.07 Å². The van der Waals surface area contributed by atoms with E-state index in [1.165, 1.54) is 18.2 Å². The zero-order valence-corrected chi connectivity index (χ0v) is 14.6. The van der Waals surface area contributed by atoms with E-state index in [2.05, 4.69) is 16.0 Å². The molecule has 0 saturated carbocycles. The summed E-state index contributed by atoms with van der Waals surface area (Å²) in [6.07, 6.45) is -0.163. The molecule has 0 radical (unpaired) electrons. The predicted molar refractivity (Wildman–Crippen MR) is 90.6 cm³/mol. The summed E-state index contributed by atoms with van der Waals surface area (Å²) < 4.78 is 18.0. The number of benzene rings is 1. The lowest BCUT2D eigenvalue weighted by Gasteiger charge is -2.19. The quantitative estimate of drug-likeness (QED) is 0.649. The summed E-state index contributed by atoms with van der Waals surface area (Å²) in [6, 6.07) is 5.39. The maximum atomic E-state index is 13.0. The molecule has 0 bridgehead atoms. The number of hydrogen-bond acceptors (Lipinski definition) is 4. The van der Waals surface area contributed by atoms with Crippen molar-refractivity contribution in [3.63, 3.8) is 0 Å². The highest BCUT2D eigenvalue weighted by molar-refractivity contribution is 5.94. The van der Waals surface area contributed by atoms with Crippen molar-refractivity contribution in [2.75, 3.05) is 19.6 Å². The van der Waals surface area contributed by atoms with Crippen LogP contribution in [0.2, 0.25) is 0 Å². The highest BCUT2D eigenvalue weighted by Crippen LogP contribution is 2.06. The molecule has 0 aliphatic rings. The van der Waals surface area contributed by atoms with Crippen molar-refractivity contribution >= 4 is 17.9 Å². The summed E-state index contributed by atoms with van der Waals surface area (Å²) in [5.74, 6) is -1.21. The fourth-order valence-corrected chi connectivity index (χ4v) is 1.78. The normalized spacial score (nSPS) is 10.7. The van der Waals surface area contributed by atoms with Crippen molar-refractivity contribution in [1.82, 2.24) is 16.0 Å². The van der Waals surface area contributed by atoms with Gasteiger partial charge >= 0.3 is 6.09 Å². The minimum absolute atomic E-state index is 0.190. The minimum atomic E-state index is -0.662. The molecule has 0 fully saturated rings. The van der Waals surface area contributed by atoms with Gasteiger partial charge in [-0.15, -0.1) is 0 Å². The number of halogens is 1. The Morgan fingerprint density at radius 2 is 1.76 bits per heavy atom. The van der Waals surface area contributed by atoms with Crippen LogP contribution in [0.15, 0.2) is 24.3 Å². The standard InChI is InChI=1S/C17H24FN3O4/c1-17(2,3)25-16(24)21-11-14(22)19-8-5-9-20-15(23)12-6-4-7-13(18)10-12/h4,6-7,10H,5,8-9,11H2,1-3H3,(H,19,22)(H,20,23)(H,21,24). The van der Waals surface area contributed by atoms with Crippen LogP contribution >= 0.6 is 0 Å². The molecule has 0 saturated heterocycles. The highest BCUT2D eigenvalue weighted by atomic mass is 19.1. The summed E-state index contributed by atoms with van der Waals surface area (Å²) in [7, 11) is 0. The van der Waals surface area contributed by atoms with Crippen molar-refractivity contribution in [1.29, 1.82) is 0 Å². The second-order valence-electron chi connectivity index (χ2n) is 6.33. The van der Waals surface area contributed by atoms with E-state index < -0.39 is 17.5 Å². The summed E-state index contributed by atoms with van der Waals surface area (Å²) in [5, 5.41) is 7.58. The molecule has 0 unspecified atom stereocenters. The summed E-state index contributed by atoms with van der Waals surface area (Å²) >= 11 is 0. The van der Waals surface area contributed by atoms with Gasteiger partial charge in [0, 0.05) is 18.7 Å². The van der Waals surface area contributed by atoms with Crippen LogP contribution in [-0.2, 0) is 9.53 Å². The van der Waals surface area contributed by atoms with Crippen LogP contribution in [0.4, 0.5) is 9.18 Å². The van der Waals surface area contributed by atoms with Gasteiger partial charge < -0.3 is 20.7 Å². The van der Waals surface area contributed by atoms with Crippen LogP contribution < -0.4 is 16.0 Å². The second-order valence-corrected chi connectivity index (χ2v) is 6.33. The number of nitrogens with one attached hydrogen (secondary N) is 3. The third-order valence-electron chi connectivity index (χ3n) is 2.84. The van der Waals surface area contributed by atoms with Gasteiger partial charge in [-0.3, -0.25) is 9.59 Å². The molecule has 3 amide bonds. The SMILES string of the molecule is CC(C)(C)OC(=O)NCC(=O)NCCCNC(=O)c1cccc(F)c1. The Morgan fingerprint density at radius 3 is 2.40 bits per heavy atom. The Balaban J connectivity index is 2.14. The minimum Gasteiger partial charge on any atom is -0.444 e. The van der Waals surface area contributed by atoms with Crippen molar-refractivity contribution in [3.05, 3.63) is 35.6 Å². The fourth-order valence-electron chi connectivity index (χ4n) is 1.78. The van der Waals surface area contributed by atoms with Crippen LogP contribution in [0, 0.1) is 5.82 Å². The predicted octanol–water partition coefficient (Wildman–Crippen LogP) is 1.59. The van der Waals surface area contributed by atoms with Crippen LogP contribution in [0.5, 0.6) is 0 Å². The van der Waals surface area contributed by atoms with Crippen molar-refractivity contribution in [3.8, 4) is 0 Å². The van der Waals surface area contributed by atoms with Gasteiger partial charge in [0.25, 0.3) is 5.91 Å². The third kappa shape index (κ3) is 9.29. The fraction of sp³-hybridized carbons (Fsp3) is 0.471. The Bertz CT molecular complexity index is 614. The van der Waals surface area contributed by atoms with Gasteiger partial charge in [0.2, 0.25) is 5.91 Å². The van der Waals surface area contributed by atoms with E-state index in [4.69, 9.17) is 4.74 Å². The van der Waals surface area contributed by atoms with Crippen molar-refractivity contribution in [2.24, 2.45) is 0 Å². The Kier molecular flexibility index (Phi) is 7.84. The van der Waals surface area contributed by atoms with Gasteiger partial charge in [-0.25, -0.2) is 9.18 Å². The van der Waals surface area contributed by atoms with Crippen LogP contribution in [0.25, 0.3) is 0 Å². The van der Waals surface area contributed by atoms with Gasteiger partial charge in [-0.2, -0.15) is 0 Å². The average molecular weight is 353 g/mol. The molecule has 3 N–H and O–H groups in total. The van der Waals surface area contributed by atoms with Crippen LogP contribution in [-0.4, -0.2) is 43.1 Å². The van der Waals surface area contributed by atoms with Gasteiger partial charge in [0.05, 0.1) is 6.54 Å². The topological polar surface area (TPSA) is 96.5 Å². The lowest BCUT2D eigenvalue weighted by molar-refractivity contribution is -0.120. The number of carbonyl (C=O) groups excluding carboxylic acids is 3. The largest absolute Gasteiger partial charge is 0.444 e. The van der Waals surface area contributed by atoms with E-state index in [1.807, 2.05) is 0 Å². The van der Waals surface area contributed by atoms with Gasteiger partial charge in [0.15, 0.2) is 0 Å². The number of carbonyl (C=O) groups is 3. The second kappa shape index (κ2) is 9.61. The Hall–Kier alpha value is -2.64. The van der Waals surface area contributed by atoms with Gasteiger partial charge in [-0.1, -0.05) is 6.07 Å². The van der Waals surface area contributed by atoms with Gasteiger partial charge in [0.1, 0.15) is 11.4 Å². The molecular formula is C17H24FN3O4. The monoisotopic (exact) mass is 353 g/mol. The number of ether oxygens (including phenoxy) is 1. The molecule has 0 aliphatic carbocycles.